The molecule has 2 aromatic rings. The molecule has 5 nitrogen and oxygen atoms in total. The van der Waals surface area contributed by atoms with Crippen LogP contribution in [0.4, 0.5) is 0 Å². The number of aryl methyl sites for hydroxylation is 2. The van der Waals surface area contributed by atoms with Gasteiger partial charge in [-0.15, -0.1) is 0 Å². The summed E-state index contributed by atoms with van der Waals surface area (Å²) in [6.07, 6.45) is 9.27. The standard InChI is InChI=1S/C23H34N4O/c1-4-27-18-22(16-24-27)17-26-13-11-21(12-14-26)15-20-7-5-19(6-8-20)9-10-23(28)25(2)3/h5-8,16,18,21H,4,9-15,17H2,1-3H3. The monoisotopic (exact) mass is 382 g/mol. The highest BCUT2D eigenvalue weighted by Crippen LogP contribution is 2.23. The zero-order valence-electron chi connectivity index (χ0n) is 17.6. The summed E-state index contributed by atoms with van der Waals surface area (Å²) in [4.78, 5) is 15.9. The van der Waals surface area contributed by atoms with Crippen molar-refractivity contribution in [1.29, 1.82) is 0 Å². The van der Waals surface area contributed by atoms with Gasteiger partial charge in [0, 0.05) is 45.4 Å². The van der Waals surface area contributed by atoms with E-state index < -0.39 is 0 Å². The van der Waals surface area contributed by atoms with E-state index >= 15 is 0 Å². The molecule has 1 fully saturated rings. The highest BCUT2D eigenvalue weighted by molar-refractivity contribution is 5.75. The van der Waals surface area contributed by atoms with Crippen molar-refractivity contribution in [2.45, 2.75) is 52.1 Å². The summed E-state index contributed by atoms with van der Waals surface area (Å²) in [5.41, 5.74) is 4.00. The molecular formula is C23H34N4O. The van der Waals surface area contributed by atoms with Crippen LogP contribution >= 0.6 is 0 Å². The summed E-state index contributed by atoms with van der Waals surface area (Å²) >= 11 is 0. The fourth-order valence-corrected chi connectivity index (χ4v) is 3.92. The van der Waals surface area contributed by atoms with Crippen molar-refractivity contribution in [1.82, 2.24) is 19.6 Å². The Balaban J connectivity index is 1.41. The largest absolute Gasteiger partial charge is 0.349 e. The number of hydrogen-bond acceptors (Lipinski definition) is 3. The van der Waals surface area contributed by atoms with Crippen molar-refractivity contribution in [3.63, 3.8) is 0 Å². The van der Waals surface area contributed by atoms with Crippen LogP contribution in [0.5, 0.6) is 0 Å². The van der Waals surface area contributed by atoms with E-state index in [-0.39, 0.29) is 5.91 Å². The van der Waals surface area contributed by atoms with Gasteiger partial charge >= 0.3 is 0 Å². The Morgan fingerprint density at radius 2 is 1.79 bits per heavy atom. The smallest absolute Gasteiger partial charge is 0.222 e. The first-order valence-corrected chi connectivity index (χ1v) is 10.5. The van der Waals surface area contributed by atoms with Gasteiger partial charge in [-0.1, -0.05) is 24.3 Å². The zero-order valence-corrected chi connectivity index (χ0v) is 17.6. The lowest BCUT2D eigenvalue weighted by Gasteiger charge is -2.31. The van der Waals surface area contributed by atoms with E-state index in [2.05, 4.69) is 47.4 Å². The normalized spacial score (nSPS) is 15.7. The minimum Gasteiger partial charge on any atom is -0.349 e. The van der Waals surface area contributed by atoms with Gasteiger partial charge in [0.05, 0.1) is 6.20 Å². The summed E-state index contributed by atoms with van der Waals surface area (Å²) in [5, 5.41) is 4.38. The van der Waals surface area contributed by atoms with Crippen LogP contribution in [0.2, 0.25) is 0 Å². The van der Waals surface area contributed by atoms with Crippen LogP contribution < -0.4 is 0 Å². The van der Waals surface area contributed by atoms with E-state index in [4.69, 9.17) is 0 Å². The molecular weight excluding hydrogens is 348 g/mol. The predicted octanol–water partition coefficient (Wildman–Crippen LogP) is 3.38. The third-order valence-corrected chi connectivity index (χ3v) is 5.80. The molecule has 1 aliphatic rings. The Hall–Kier alpha value is -2.14. The van der Waals surface area contributed by atoms with E-state index in [0.29, 0.717) is 6.42 Å². The van der Waals surface area contributed by atoms with Crippen LogP contribution in [0.25, 0.3) is 0 Å². The molecule has 0 atom stereocenters. The Bertz CT molecular complexity index is 742. The molecule has 1 aliphatic heterocycles. The third kappa shape index (κ3) is 5.93. The van der Waals surface area contributed by atoms with Gasteiger partial charge in [0.1, 0.15) is 0 Å². The number of carbonyl (C=O) groups excluding carboxylic acids is 1. The number of amides is 1. The summed E-state index contributed by atoms with van der Waals surface area (Å²) in [5.74, 6) is 0.966. The second kappa shape index (κ2) is 9.87. The maximum atomic E-state index is 11.7. The fourth-order valence-electron chi connectivity index (χ4n) is 3.92. The number of likely N-dealkylation sites (tertiary alicyclic amines) is 1. The number of aromatic nitrogens is 2. The molecule has 1 aromatic heterocycles. The average Bonchev–Trinajstić information content (AvgIpc) is 3.16. The lowest BCUT2D eigenvalue weighted by atomic mass is 9.89. The molecule has 1 aromatic carbocycles. The fraction of sp³-hybridized carbons (Fsp3) is 0.565. The van der Waals surface area contributed by atoms with Crippen molar-refractivity contribution >= 4 is 5.91 Å². The molecule has 5 heteroatoms. The van der Waals surface area contributed by atoms with Gasteiger partial charge in [-0.2, -0.15) is 5.10 Å². The number of carbonyl (C=O) groups is 1. The van der Waals surface area contributed by atoms with Crippen molar-refractivity contribution < 1.29 is 4.79 Å². The Labute approximate surface area is 169 Å². The van der Waals surface area contributed by atoms with Gasteiger partial charge in [0.15, 0.2) is 0 Å². The first-order chi connectivity index (χ1) is 13.5. The number of hydrogen-bond donors (Lipinski definition) is 0. The number of piperidine rings is 1. The second-order valence-corrected chi connectivity index (χ2v) is 8.23. The van der Waals surface area contributed by atoms with E-state index in [1.807, 2.05) is 25.0 Å². The highest BCUT2D eigenvalue weighted by atomic mass is 16.2. The molecule has 0 aliphatic carbocycles. The minimum atomic E-state index is 0.192. The van der Waals surface area contributed by atoms with Crippen LogP contribution in [0.1, 0.15) is 42.9 Å². The van der Waals surface area contributed by atoms with Gasteiger partial charge in [0.2, 0.25) is 5.91 Å². The SMILES string of the molecule is CCn1cc(CN2CCC(Cc3ccc(CCC(=O)N(C)C)cc3)CC2)cn1. The number of nitrogens with zero attached hydrogens (tertiary/aromatic N) is 4. The molecule has 1 saturated heterocycles. The lowest BCUT2D eigenvalue weighted by molar-refractivity contribution is -0.128. The summed E-state index contributed by atoms with van der Waals surface area (Å²) in [7, 11) is 3.63. The third-order valence-electron chi connectivity index (χ3n) is 5.80. The van der Waals surface area contributed by atoms with Gasteiger partial charge in [0.25, 0.3) is 0 Å². The molecule has 3 rings (SSSR count). The van der Waals surface area contributed by atoms with Crippen LogP contribution in [-0.2, 0) is 30.7 Å². The van der Waals surface area contributed by atoms with Crippen LogP contribution in [0, 0.1) is 5.92 Å². The zero-order chi connectivity index (χ0) is 19.9. The molecule has 2 heterocycles. The topological polar surface area (TPSA) is 41.4 Å². The maximum absolute atomic E-state index is 11.7. The summed E-state index contributed by atoms with van der Waals surface area (Å²) in [6.45, 7) is 6.43. The lowest BCUT2D eigenvalue weighted by Crippen LogP contribution is -2.33. The molecule has 28 heavy (non-hydrogen) atoms. The molecule has 0 unspecified atom stereocenters. The maximum Gasteiger partial charge on any atom is 0.222 e. The number of benzene rings is 1. The molecule has 0 spiro atoms. The molecule has 0 saturated carbocycles. The van der Waals surface area contributed by atoms with Crippen LogP contribution in [0.15, 0.2) is 36.7 Å². The Morgan fingerprint density at radius 1 is 1.11 bits per heavy atom. The molecule has 0 N–H and O–H groups in total. The summed E-state index contributed by atoms with van der Waals surface area (Å²) in [6, 6.07) is 8.89. The molecule has 0 radical (unpaired) electrons. The predicted molar refractivity (Wildman–Crippen MR) is 113 cm³/mol. The molecule has 0 bridgehead atoms. The van der Waals surface area contributed by atoms with Gasteiger partial charge in [-0.3, -0.25) is 14.4 Å². The average molecular weight is 383 g/mol. The molecule has 152 valence electrons. The van der Waals surface area contributed by atoms with Crippen molar-refractivity contribution in [2.24, 2.45) is 5.92 Å². The first-order valence-electron chi connectivity index (χ1n) is 10.5. The Kier molecular flexibility index (Phi) is 7.26. The van der Waals surface area contributed by atoms with E-state index in [1.165, 1.54) is 49.0 Å². The molecule has 1 amide bonds. The number of rotatable bonds is 8. The highest BCUT2D eigenvalue weighted by Gasteiger charge is 2.20. The van der Waals surface area contributed by atoms with Gasteiger partial charge < -0.3 is 4.90 Å². The minimum absolute atomic E-state index is 0.192. The van der Waals surface area contributed by atoms with E-state index in [9.17, 15) is 4.79 Å². The van der Waals surface area contributed by atoms with Crippen LogP contribution in [-0.4, -0.2) is 52.7 Å². The Morgan fingerprint density at radius 3 is 2.39 bits per heavy atom. The second-order valence-electron chi connectivity index (χ2n) is 8.23. The van der Waals surface area contributed by atoms with Crippen molar-refractivity contribution in [2.75, 3.05) is 27.2 Å². The van der Waals surface area contributed by atoms with E-state index in [0.717, 1.165) is 25.4 Å². The first kappa shape index (κ1) is 20.6. The quantitative estimate of drug-likeness (QED) is 0.703. The van der Waals surface area contributed by atoms with Crippen LogP contribution in [0.3, 0.4) is 0 Å². The van der Waals surface area contributed by atoms with Crippen molar-refractivity contribution in [3.05, 3.63) is 53.3 Å². The van der Waals surface area contributed by atoms with Crippen molar-refractivity contribution in [3.8, 4) is 0 Å². The van der Waals surface area contributed by atoms with Gasteiger partial charge in [-0.05, 0) is 62.7 Å². The summed E-state index contributed by atoms with van der Waals surface area (Å²) < 4.78 is 2.00. The van der Waals surface area contributed by atoms with Gasteiger partial charge in [-0.25, -0.2) is 0 Å². The van der Waals surface area contributed by atoms with E-state index in [1.54, 1.807) is 4.90 Å².